The van der Waals surface area contributed by atoms with Crippen LogP contribution in [0.25, 0.3) is 0 Å². The Kier molecular flexibility index (Phi) is 3.96. The summed E-state index contributed by atoms with van der Waals surface area (Å²) < 4.78 is 5.10. The van der Waals surface area contributed by atoms with E-state index in [1.54, 1.807) is 11.1 Å². The lowest BCUT2D eigenvalue weighted by molar-refractivity contribution is 0.0908. The van der Waals surface area contributed by atoms with Crippen molar-refractivity contribution in [2.24, 2.45) is 16.9 Å². The molecule has 1 saturated heterocycles. The highest BCUT2D eigenvalue weighted by atomic mass is 16.6. The normalized spacial score (nSPS) is 28.2. The standard InChI is InChI=1S/C18H21N3O3/c22-17(20-11-14-7-4-8-15(14)12-20)24-18(23)21-16(9-10-19-21)13-5-2-1-3-6-13/h1-3,5-6,10,14-16H,4,7-9,11-12H2/t14?,15?,16-/m0/s1. The highest BCUT2D eigenvalue weighted by molar-refractivity contribution is 5.85. The lowest BCUT2D eigenvalue weighted by Gasteiger charge is -2.22. The van der Waals surface area contributed by atoms with Gasteiger partial charge in [0.1, 0.15) is 0 Å². The van der Waals surface area contributed by atoms with Crippen LogP contribution in [-0.2, 0) is 4.74 Å². The maximum Gasteiger partial charge on any atom is 0.439 e. The molecule has 3 atom stereocenters. The van der Waals surface area contributed by atoms with Crippen molar-refractivity contribution in [1.82, 2.24) is 9.91 Å². The Morgan fingerprint density at radius 2 is 1.75 bits per heavy atom. The van der Waals surface area contributed by atoms with Gasteiger partial charge in [-0.25, -0.2) is 9.59 Å². The van der Waals surface area contributed by atoms with Crippen molar-refractivity contribution in [1.29, 1.82) is 0 Å². The number of nitrogens with zero attached hydrogens (tertiary/aromatic N) is 3. The van der Waals surface area contributed by atoms with E-state index in [1.807, 2.05) is 30.3 Å². The molecule has 2 fully saturated rings. The molecule has 1 aromatic rings. The number of carbonyl (C=O) groups excluding carboxylic acids is 2. The molecular formula is C18H21N3O3. The van der Waals surface area contributed by atoms with E-state index in [4.69, 9.17) is 4.74 Å². The number of carbonyl (C=O) groups is 2. The molecule has 0 radical (unpaired) electrons. The molecule has 4 rings (SSSR count). The second-order valence-corrected chi connectivity index (χ2v) is 6.79. The van der Waals surface area contributed by atoms with Crippen molar-refractivity contribution in [3.63, 3.8) is 0 Å². The van der Waals surface area contributed by atoms with Crippen LogP contribution in [0.3, 0.4) is 0 Å². The molecular weight excluding hydrogens is 306 g/mol. The average molecular weight is 327 g/mol. The monoisotopic (exact) mass is 327 g/mol. The van der Waals surface area contributed by atoms with Gasteiger partial charge in [-0.05, 0) is 30.2 Å². The van der Waals surface area contributed by atoms with Gasteiger partial charge in [0.2, 0.25) is 0 Å². The highest BCUT2D eigenvalue weighted by Gasteiger charge is 2.40. The fourth-order valence-corrected chi connectivity index (χ4v) is 4.11. The SMILES string of the molecule is O=C(OC(=O)N1N=CC[C@H]1c1ccccc1)N1CC2CCCC2C1. The first-order valence-electron chi connectivity index (χ1n) is 8.59. The van der Waals surface area contributed by atoms with Crippen molar-refractivity contribution in [2.75, 3.05) is 13.1 Å². The molecule has 1 saturated carbocycles. The minimum atomic E-state index is -0.695. The third kappa shape index (κ3) is 2.77. The second-order valence-electron chi connectivity index (χ2n) is 6.79. The van der Waals surface area contributed by atoms with Crippen LogP contribution in [0, 0.1) is 11.8 Å². The van der Waals surface area contributed by atoms with Crippen molar-refractivity contribution >= 4 is 18.4 Å². The fraction of sp³-hybridized carbons (Fsp3) is 0.500. The average Bonchev–Trinajstić information content (AvgIpc) is 3.30. The molecule has 1 aliphatic carbocycles. The zero-order chi connectivity index (χ0) is 16.5. The molecule has 3 aliphatic rings. The first-order valence-corrected chi connectivity index (χ1v) is 8.59. The Balaban J connectivity index is 1.38. The van der Waals surface area contributed by atoms with Gasteiger partial charge in [0.25, 0.3) is 0 Å². The lowest BCUT2D eigenvalue weighted by atomic mass is 10.0. The fourth-order valence-electron chi connectivity index (χ4n) is 4.11. The summed E-state index contributed by atoms with van der Waals surface area (Å²) in [6.07, 6.45) is 4.68. The van der Waals surface area contributed by atoms with Crippen molar-refractivity contribution in [3.05, 3.63) is 35.9 Å². The van der Waals surface area contributed by atoms with Gasteiger partial charge in [0.05, 0.1) is 6.04 Å². The molecule has 2 unspecified atom stereocenters. The third-order valence-electron chi connectivity index (χ3n) is 5.36. The summed E-state index contributed by atoms with van der Waals surface area (Å²) in [6.45, 7) is 1.42. The summed E-state index contributed by atoms with van der Waals surface area (Å²) in [5.74, 6) is 1.16. The summed E-state index contributed by atoms with van der Waals surface area (Å²) in [5, 5.41) is 5.36. The van der Waals surface area contributed by atoms with Crippen LogP contribution in [0.2, 0.25) is 0 Å². The van der Waals surface area contributed by atoms with Gasteiger partial charge < -0.3 is 9.64 Å². The molecule has 0 spiro atoms. The summed E-state index contributed by atoms with van der Waals surface area (Å²) in [4.78, 5) is 26.3. The topological polar surface area (TPSA) is 62.2 Å². The number of hydrogen-bond donors (Lipinski definition) is 0. The van der Waals surface area contributed by atoms with Gasteiger partial charge in [-0.1, -0.05) is 36.8 Å². The summed E-state index contributed by atoms with van der Waals surface area (Å²) in [6, 6.07) is 9.46. The number of hydrazone groups is 1. The van der Waals surface area contributed by atoms with E-state index in [1.165, 1.54) is 24.3 Å². The van der Waals surface area contributed by atoms with Crippen LogP contribution >= 0.6 is 0 Å². The zero-order valence-corrected chi connectivity index (χ0v) is 13.5. The first-order chi connectivity index (χ1) is 11.7. The first kappa shape index (κ1) is 15.2. The Hall–Kier alpha value is -2.37. The number of rotatable bonds is 1. The van der Waals surface area contributed by atoms with Crippen LogP contribution in [-0.4, -0.2) is 41.4 Å². The molecule has 6 nitrogen and oxygen atoms in total. The van der Waals surface area contributed by atoms with Crippen LogP contribution < -0.4 is 0 Å². The summed E-state index contributed by atoms with van der Waals surface area (Å²) in [5.41, 5.74) is 0.982. The molecule has 126 valence electrons. The van der Waals surface area contributed by atoms with Gasteiger partial charge in [0.15, 0.2) is 0 Å². The number of benzene rings is 1. The molecule has 24 heavy (non-hydrogen) atoms. The van der Waals surface area contributed by atoms with E-state index in [9.17, 15) is 9.59 Å². The minimum absolute atomic E-state index is 0.204. The predicted octanol–water partition coefficient (Wildman–Crippen LogP) is 3.41. The largest absolute Gasteiger partial charge is 0.439 e. The van der Waals surface area contributed by atoms with E-state index in [0.29, 0.717) is 31.3 Å². The van der Waals surface area contributed by atoms with Crippen LogP contribution in [0.15, 0.2) is 35.4 Å². The number of fused-ring (bicyclic) bond motifs is 1. The smallest absolute Gasteiger partial charge is 0.358 e. The maximum atomic E-state index is 12.4. The van der Waals surface area contributed by atoms with Gasteiger partial charge in [-0.15, -0.1) is 0 Å². The lowest BCUT2D eigenvalue weighted by Crippen LogP contribution is -2.36. The minimum Gasteiger partial charge on any atom is -0.358 e. The van der Waals surface area contributed by atoms with E-state index in [2.05, 4.69) is 5.10 Å². The molecule has 0 aromatic heterocycles. The van der Waals surface area contributed by atoms with Crippen molar-refractivity contribution < 1.29 is 14.3 Å². The maximum absolute atomic E-state index is 12.4. The van der Waals surface area contributed by atoms with Crippen LogP contribution in [0.1, 0.15) is 37.3 Å². The molecule has 0 bridgehead atoms. The quantitative estimate of drug-likeness (QED) is 0.743. The van der Waals surface area contributed by atoms with E-state index < -0.39 is 12.2 Å². The van der Waals surface area contributed by atoms with Gasteiger partial charge in [-0.3, -0.25) is 0 Å². The van der Waals surface area contributed by atoms with Gasteiger partial charge >= 0.3 is 12.2 Å². The van der Waals surface area contributed by atoms with E-state index in [0.717, 1.165) is 5.56 Å². The summed E-state index contributed by atoms with van der Waals surface area (Å²) in [7, 11) is 0. The number of hydrogen-bond acceptors (Lipinski definition) is 4. The molecule has 2 amide bonds. The van der Waals surface area contributed by atoms with Crippen molar-refractivity contribution in [2.45, 2.75) is 31.7 Å². The molecule has 2 aliphatic heterocycles. The van der Waals surface area contributed by atoms with Crippen molar-refractivity contribution in [3.8, 4) is 0 Å². The second kappa shape index (κ2) is 6.26. The zero-order valence-electron chi connectivity index (χ0n) is 13.5. The Bertz CT molecular complexity index is 649. The molecule has 6 heteroatoms. The molecule has 2 heterocycles. The van der Waals surface area contributed by atoms with Gasteiger partial charge in [0, 0.05) is 25.7 Å². The predicted molar refractivity (Wildman–Crippen MR) is 88.4 cm³/mol. The number of likely N-dealkylation sites (tertiary alicyclic amines) is 1. The van der Waals surface area contributed by atoms with Crippen LogP contribution in [0.4, 0.5) is 9.59 Å². The Morgan fingerprint density at radius 1 is 1.04 bits per heavy atom. The molecule has 0 N–H and O–H groups in total. The number of ether oxygens (including phenoxy) is 1. The Morgan fingerprint density at radius 3 is 2.46 bits per heavy atom. The Labute approximate surface area is 141 Å². The molecule has 1 aromatic carbocycles. The summed E-state index contributed by atoms with van der Waals surface area (Å²) >= 11 is 0. The third-order valence-corrected chi connectivity index (χ3v) is 5.36. The van der Waals surface area contributed by atoms with E-state index in [-0.39, 0.29) is 6.04 Å². The van der Waals surface area contributed by atoms with Gasteiger partial charge in [-0.2, -0.15) is 10.1 Å². The number of amides is 2. The van der Waals surface area contributed by atoms with Crippen LogP contribution in [0.5, 0.6) is 0 Å². The highest BCUT2D eigenvalue weighted by Crippen LogP contribution is 2.38. The van der Waals surface area contributed by atoms with E-state index >= 15 is 0 Å².